The maximum absolute atomic E-state index is 12.4. The van der Waals surface area contributed by atoms with Gasteiger partial charge in [0.15, 0.2) is 0 Å². The molecule has 0 saturated carbocycles. The van der Waals surface area contributed by atoms with Crippen molar-refractivity contribution in [3.8, 4) is 5.75 Å². The van der Waals surface area contributed by atoms with Crippen LogP contribution in [0.3, 0.4) is 0 Å². The molecule has 1 aromatic carbocycles. The van der Waals surface area contributed by atoms with E-state index in [-0.39, 0.29) is 22.9 Å². The summed E-state index contributed by atoms with van der Waals surface area (Å²) < 4.78 is 32.7. The Labute approximate surface area is 132 Å². The molecule has 1 unspecified atom stereocenters. The molecule has 1 aliphatic rings. The predicted molar refractivity (Wildman–Crippen MR) is 81.8 cm³/mol. The largest absolute Gasteiger partial charge is 0.487 e. The lowest BCUT2D eigenvalue weighted by Crippen LogP contribution is -2.41. The molecule has 0 bridgehead atoms. The highest BCUT2D eigenvalue weighted by Crippen LogP contribution is 2.35. The van der Waals surface area contributed by atoms with Crippen LogP contribution in [0.25, 0.3) is 0 Å². The van der Waals surface area contributed by atoms with Crippen molar-refractivity contribution in [3.05, 3.63) is 24.5 Å². The molecule has 3 rings (SSSR count). The maximum atomic E-state index is 12.4. The van der Waals surface area contributed by atoms with Gasteiger partial charge in [-0.3, -0.25) is 4.79 Å². The number of rotatable bonds is 3. The quantitative estimate of drug-likeness (QED) is 0.853. The Bertz CT molecular complexity index is 834. The molecular formula is C13H15N5O4S. The molecule has 1 aliphatic heterocycles. The molecule has 2 heterocycles. The first-order chi connectivity index (χ1) is 10.9. The number of amides is 1. The fraction of sp³-hybridized carbons (Fsp3) is 0.308. The van der Waals surface area contributed by atoms with E-state index in [1.54, 1.807) is 0 Å². The average Bonchev–Trinajstić information content (AvgIpc) is 2.97. The zero-order chi connectivity index (χ0) is 16.6. The summed E-state index contributed by atoms with van der Waals surface area (Å²) in [5, 5.41) is 6.00. The SMILES string of the molecule is CC(=O)N1CC(C)Oc2ccc(S(=O)(=O)Nc3ncn[nH]3)cc21. The maximum Gasteiger partial charge on any atom is 0.264 e. The molecule has 10 heteroatoms. The highest BCUT2D eigenvalue weighted by atomic mass is 32.2. The number of hydrogen-bond acceptors (Lipinski definition) is 6. The zero-order valence-electron chi connectivity index (χ0n) is 12.5. The third-order valence-electron chi connectivity index (χ3n) is 3.33. The third kappa shape index (κ3) is 2.97. The van der Waals surface area contributed by atoms with Crippen LogP contribution in [0.1, 0.15) is 13.8 Å². The lowest BCUT2D eigenvalue weighted by molar-refractivity contribution is -0.117. The second kappa shape index (κ2) is 5.54. The summed E-state index contributed by atoms with van der Waals surface area (Å²) in [6.07, 6.45) is 1.03. The molecule has 2 N–H and O–H groups in total. The number of ether oxygens (including phenoxy) is 1. The number of nitrogens with zero attached hydrogens (tertiary/aromatic N) is 3. The topological polar surface area (TPSA) is 117 Å². The smallest absolute Gasteiger partial charge is 0.264 e. The molecule has 0 radical (unpaired) electrons. The van der Waals surface area contributed by atoms with E-state index in [9.17, 15) is 13.2 Å². The summed E-state index contributed by atoms with van der Waals surface area (Å²) in [6, 6.07) is 4.35. The molecule has 0 spiro atoms. The van der Waals surface area contributed by atoms with Gasteiger partial charge < -0.3 is 9.64 Å². The van der Waals surface area contributed by atoms with Gasteiger partial charge in [0.1, 0.15) is 18.2 Å². The number of nitrogens with one attached hydrogen (secondary N) is 2. The number of aromatic amines is 1. The van der Waals surface area contributed by atoms with Gasteiger partial charge in [-0.25, -0.2) is 18.2 Å². The van der Waals surface area contributed by atoms with Gasteiger partial charge in [-0.2, -0.15) is 10.1 Å². The van der Waals surface area contributed by atoms with Gasteiger partial charge in [0.25, 0.3) is 10.0 Å². The number of anilines is 2. The summed E-state index contributed by atoms with van der Waals surface area (Å²) in [7, 11) is -3.86. The van der Waals surface area contributed by atoms with Crippen LogP contribution in [0.15, 0.2) is 29.4 Å². The average molecular weight is 337 g/mol. The lowest BCUT2D eigenvalue weighted by atomic mass is 10.2. The van der Waals surface area contributed by atoms with Crippen molar-refractivity contribution in [2.24, 2.45) is 0 Å². The van der Waals surface area contributed by atoms with Crippen LogP contribution in [-0.2, 0) is 14.8 Å². The molecule has 122 valence electrons. The summed E-state index contributed by atoms with van der Waals surface area (Å²) in [6.45, 7) is 3.63. The monoisotopic (exact) mass is 337 g/mol. The van der Waals surface area contributed by atoms with Gasteiger partial charge >= 0.3 is 0 Å². The van der Waals surface area contributed by atoms with Gasteiger partial charge in [0, 0.05) is 6.92 Å². The first-order valence-electron chi connectivity index (χ1n) is 6.84. The van der Waals surface area contributed by atoms with Crippen LogP contribution in [0.5, 0.6) is 5.75 Å². The first-order valence-corrected chi connectivity index (χ1v) is 8.32. The van der Waals surface area contributed by atoms with E-state index >= 15 is 0 Å². The van der Waals surface area contributed by atoms with E-state index in [4.69, 9.17) is 4.74 Å². The third-order valence-corrected chi connectivity index (χ3v) is 4.66. The van der Waals surface area contributed by atoms with Crippen LogP contribution in [0.2, 0.25) is 0 Å². The van der Waals surface area contributed by atoms with Crippen LogP contribution >= 0.6 is 0 Å². The van der Waals surface area contributed by atoms with Gasteiger partial charge in [-0.15, -0.1) is 0 Å². The Morgan fingerprint density at radius 3 is 2.91 bits per heavy atom. The van der Waals surface area contributed by atoms with E-state index < -0.39 is 10.0 Å². The fourth-order valence-corrected chi connectivity index (χ4v) is 3.31. The van der Waals surface area contributed by atoms with Crippen LogP contribution < -0.4 is 14.4 Å². The Balaban J connectivity index is 1.99. The number of fused-ring (bicyclic) bond motifs is 1. The summed E-state index contributed by atoms with van der Waals surface area (Å²) >= 11 is 0. The number of sulfonamides is 1. The van der Waals surface area contributed by atoms with Crippen molar-refractivity contribution >= 4 is 27.6 Å². The Morgan fingerprint density at radius 2 is 2.26 bits per heavy atom. The zero-order valence-corrected chi connectivity index (χ0v) is 13.3. The summed E-state index contributed by atoms with van der Waals surface area (Å²) in [4.78, 5) is 17.0. The van der Waals surface area contributed by atoms with E-state index in [0.29, 0.717) is 18.0 Å². The Kier molecular flexibility index (Phi) is 3.68. The van der Waals surface area contributed by atoms with Crippen molar-refractivity contribution in [2.45, 2.75) is 24.8 Å². The van der Waals surface area contributed by atoms with Crippen LogP contribution in [0, 0.1) is 0 Å². The number of H-pyrrole nitrogens is 1. The minimum Gasteiger partial charge on any atom is -0.487 e. The number of hydrogen-bond donors (Lipinski definition) is 2. The standard InChI is InChI=1S/C13H15N5O4S/c1-8-6-18(9(2)19)11-5-10(3-4-12(11)22-8)23(20,21)17-13-14-7-15-16-13/h3-5,7-8H,6H2,1-2H3,(H2,14,15,16,17). The van der Waals surface area contributed by atoms with E-state index in [1.165, 1.54) is 36.4 Å². The molecule has 1 atom stereocenters. The van der Waals surface area contributed by atoms with Gasteiger partial charge in [-0.05, 0) is 25.1 Å². The minimum atomic E-state index is -3.86. The van der Waals surface area contributed by atoms with E-state index in [1.807, 2.05) is 6.92 Å². The van der Waals surface area contributed by atoms with Crippen molar-refractivity contribution < 1.29 is 17.9 Å². The minimum absolute atomic E-state index is 0.00273. The predicted octanol–water partition coefficient (Wildman–Crippen LogP) is 0.739. The molecule has 0 saturated heterocycles. The van der Waals surface area contributed by atoms with Gasteiger partial charge in [-0.1, -0.05) is 0 Å². The summed E-state index contributed by atoms with van der Waals surface area (Å²) in [5.41, 5.74) is 0.427. The molecule has 0 fully saturated rings. The normalized spacial score (nSPS) is 17.3. The second-order valence-corrected chi connectivity index (χ2v) is 6.81. The first kappa shape index (κ1) is 15.3. The number of carbonyl (C=O) groups excluding carboxylic acids is 1. The molecule has 2 aromatic rings. The Hall–Kier alpha value is -2.62. The molecule has 23 heavy (non-hydrogen) atoms. The number of benzene rings is 1. The number of aromatic nitrogens is 3. The molecule has 9 nitrogen and oxygen atoms in total. The van der Waals surface area contributed by atoms with Crippen molar-refractivity contribution in [3.63, 3.8) is 0 Å². The second-order valence-electron chi connectivity index (χ2n) is 5.13. The molecule has 0 aliphatic carbocycles. The molecular weight excluding hydrogens is 322 g/mol. The summed E-state index contributed by atoms with van der Waals surface area (Å²) in [5.74, 6) is 0.299. The number of carbonyl (C=O) groups is 1. The highest BCUT2D eigenvalue weighted by molar-refractivity contribution is 7.92. The van der Waals surface area contributed by atoms with Crippen molar-refractivity contribution in [1.82, 2.24) is 15.2 Å². The highest BCUT2D eigenvalue weighted by Gasteiger charge is 2.28. The fourth-order valence-electron chi connectivity index (χ4n) is 2.32. The van der Waals surface area contributed by atoms with Crippen molar-refractivity contribution in [1.29, 1.82) is 0 Å². The molecule has 1 amide bonds. The Morgan fingerprint density at radius 1 is 1.48 bits per heavy atom. The van der Waals surface area contributed by atoms with Gasteiger partial charge in [0.05, 0.1) is 17.1 Å². The van der Waals surface area contributed by atoms with Crippen LogP contribution in [0.4, 0.5) is 11.6 Å². The van der Waals surface area contributed by atoms with E-state index in [2.05, 4.69) is 19.9 Å². The van der Waals surface area contributed by atoms with Gasteiger partial charge in [0.2, 0.25) is 11.9 Å². The van der Waals surface area contributed by atoms with Crippen molar-refractivity contribution in [2.75, 3.05) is 16.2 Å². The lowest BCUT2D eigenvalue weighted by Gasteiger charge is -2.33. The van der Waals surface area contributed by atoms with E-state index in [0.717, 1.165) is 0 Å². The van der Waals surface area contributed by atoms with Crippen LogP contribution in [-0.4, -0.2) is 42.2 Å². The molecule has 1 aromatic heterocycles.